The largest absolute Gasteiger partial charge is 0.394 e. The van der Waals surface area contributed by atoms with Gasteiger partial charge in [-0.2, -0.15) is 0 Å². The quantitative estimate of drug-likeness (QED) is 0.481. The predicted molar refractivity (Wildman–Crippen MR) is 37.0 cm³/mol. The molecule has 0 amide bonds. The Balaban J connectivity index is 2.71. The molecule has 1 aliphatic rings. The van der Waals surface area contributed by atoms with Crippen LogP contribution >= 0.6 is 0 Å². The van der Waals surface area contributed by atoms with Crippen molar-refractivity contribution in [2.24, 2.45) is 0 Å². The number of hydrogen-bond donors (Lipinski definition) is 2. The van der Waals surface area contributed by atoms with Crippen LogP contribution in [0.25, 0.3) is 0 Å². The van der Waals surface area contributed by atoms with E-state index >= 15 is 0 Å². The van der Waals surface area contributed by atoms with Crippen LogP contribution in [0.4, 0.5) is 4.39 Å². The van der Waals surface area contributed by atoms with Gasteiger partial charge < -0.3 is 14.9 Å². The van der Waals surface area contributed by atoms with Gasteiger partial charge in [0.25, 0.3) is 0 Å². The van der Waals surface area contributed by atoms with Crippen molar-refractivity contribution < 1.29 is 19.3 Å². The van der Waals surface area contributed by atoms with Crippen LogP contribution in [-0.4, -0.2) is 48.5 Å². The highest BCUT2D eigenvalue weighted by molar-refractivity contribution is 6.12. The molecule has 1 aliphatic heterocycles. The Morgan fingerprint density at radius 1 is 1.73 bits per heavy atom. The van der Waals surface area contributed by atoms with Gasteiger partial charge in [-0.05, 0) is 6.92 Å². The fourth-order valence-electron chi connectivity index (χ4n) is 1.07. The molecule has 0 unspecified atom stereocenters. The lowest BCUT2D eigenvalue weighted by Gasteiger charge is -2.20. The van der Waals surface area contributed by atoms with Crippen LogP contribution in [0.1, 0.15) is 6.92 Å². The number of ether oxygens (including phenoxy) is 1. The molecule has 1 saturated heterocycles. The van der Waals surface area contributed by atoms with Gasteiger partial charge in [-0.25, -0.2) is 4.39 Å². The Kier molecular flexibility index (Phi) is 2.23. The molecule has 1 heterocycles. The first kappa shape index (κ1) is 8.97. The summed E-state index contributed by atoms with van der Waals surface area (Å²) in [6, 6.07) is -1.16. The zero-order chi connectivity index (χ0) is 8.65. The summed E-state index contributed by atoms with van der Waals surface area (Å²) in [5.41, 5.74) is -1.96. The Morgan fingerprint density at radius 3 is 2.45 bits per heavy atom. The summed E-state index contributed by atoms with van der Waals surface area (Å²) in [6.45, 7) is 0.729. The highest BCUT2D eigenvalue weighted by atomic mass is 19.1. The van der Waals surface area contributed by atoms with Gasteiger partial charge in [-0.3, -0.25) is 0 Å². The number of aliphatic hydroxyl groups excluding tert-OH is 2. The summed E-state index contributed by atoms with van der Waals surface area (Å²) in [6.07, 6.45) is -2.25. The minimum absolute atomic E-state index is 0.422. The topological polar surface area (TPSA) is 49.7 Å². The smallest absolute Gasteiger partial charge is 0.153 e. The maximum Gasteiger partial charge on any atom is 0.153 e. The normalized spacial score (nSPS) is 51.5. The van der Waals surface area contributed by atoms with Gasteiger partial charge in [0.1, 0.15) is 20.1 Å². The van der Waals surface area contributed by atoms with E-state index in [-0.39, 0.29) is 0 Å². The molecule has 0 spiro atoms. The average Bonchev–Trinajstić information content (AvgIpc) is 2.14. The second-order valence-electron chi connectivity index (χ2n) is 2.87. The van der Waals surface area contributed by atoms with Crippen LogP contribution in [0.5, 0.6) is 0 Å². The molecule has 0 saturated carbocycles. The van der Waals surface area contributed by atoms with Crippen LogP contribution in [0, 0.1) is 0 Å². The van der Waals surface area contributed by atoms with Crippen molar-refractivity contribution >= 4 is 7.85 Å². The summed E-state index contributed by atoms with van der Waals surface area (Å²) < 4.78 is 18.0. The van der Waals surface area contributed by atoms with Gasteiger partial charge in [0.05, 0.1) is 12.6 Å². The van der Waals surface area contributed by atoms with E-state index in [1.165, 1.54) is 0 Å². The molecule has 0 aromatic heterocycles. The number of alkyl halides is 1. The minimum atomic E-state index is -1.96. The van der Waals surface area contributed by atoms with E-state index in [0.29, 0.717) is 0 Å². The van der Waals surface area contributed by atoms with Gasteiger partial charge in [-0.1, -0.05) is 0 Å². The number of hydrogen-bond acceptors (Lipinski definition) is 3. The average molecular weight is 160 g/mol. The number of aliphatic hydroxyl groups is 2. The fourth-order valence-corrected chi connectivity index (χ4v) is 1.07. The first-order chi connectivity index (χ1) is 5.00. The molecule has 4 atom stereocenters. The van der Waals surface area contributed by atoms with Crippen molar-refractivity contribution in [3.05, 3.63) is 0 Å². The van der Waals surface area contributed by atoms with E-state index in [2.05, 4.69) is 0 Å². The molecular formula is C6H10BFO3. The van der Waals surface area contributed by atoms with Gasteiger partial charge >= 0.3 is 0 Å². The summed E-state index contributed by atoms with van der Waals surface area (Å²) in [5.74, 6) is 0. The first-order valence-electron chi connectivity index (χ1n) is 3.39. The highest BCUT2D eigenvalue weighted by Crippen LogP contribution is 2.32. The van der Waals surface area contributed by atoms with Crippen molar-refractivity contribution in [3.8, 4) is 0 Å². The highest BCUT2D eigenvalue weighted by Gasteiger charge is 2.50. The van der Waals surface area contributed by atoms with Crippen molar-refractivity contribution in [3.63, 3.8) is 0 Å². The predicted octanol–water partition coefficient (Wildman–Crippen LogP) is -1.04. The molecule has 2 N–H and O–H groups in total. The Labute approximate surface area is 65.6 Å². The molecule has 1 fully saturated rings. The number of rotatable bonds is 1. The zero-order valence-corrected chi connectivity index (χ0v) is 6.20. The molecule has 3 nitrogen and oxygen atoms in total. The van der Waals surface area contributed by atoms with Crippen molar-refractivity contribution in [1.29, 1.82) is 0 Å². The van der Waals surface area contributed by atoms with Crippen molar-refractivity contribution in [2.45, 2.75) is 30.8 Å². The van der Waals surface area contributed by atoms with Crippen LogP contribution < -0.4 is 0 Å². The lowest BCUT2D eigenvalue weighted by molar-refractivity contribution is -0.0113. The lowest BCUT2D eigenvalue weighted by Crippen LogP contribution is -2.42. The lowest BCUT2D eigenvalue weighted by atomic mass is 9.83. The van der Waals surface area contributed by atoms with Crippen LogP contribution in [0.2, 0.25) is 0 Å². The summed E-state index contributed by atoms with van der Waals surface area (Å²) >= 11 is 0. The first-order valence-corrected chi connectivity index (χ1v) is 3.39. The van der Waals surface area contributed by atoms with E-state index in [0.717, 1.165) is 6.92 Å². The fraction of sp³-hybridized carbons (Fsp3) is 1.00. The standard InChI is InChI=1S/C6H10BFO3/c1-6(8)4(10)3(2-9)11-5(6)7/h3-5,9-10H,2H2,1H3/t3-,4-,5-,6-/m1/s1. The van der Waals surface area contributed by atoms with Gasteiger partial charge in [-0.15, -0.1) is 0 Å². The zero-order valence-electron chi connectivity index (χ0n) is 6.20. The van der Waals surface area contributed by atoms with Gasteiger partial charge in [0.2, 0.25) is 0 Å². The molecule has 0 aromatic rings. The molecule has 0 aromatic carbocycles. The van der Waals surface area contributed by atoms with Crippen LogP contribution in [0.3, 0.4) is 0 Å². The van der Waals surface area contributed by atoms with E-state index < -0.39 is 30.5 Å². The Hall–Kier alpha value is -0.125. The SMILES string of the molecule is [B][C@@H]1O[C@H](CO)[C@@H](O)[C@@]1(C)F. The van der Waals surface area contributed by atoms with E-state index in [1.54, 1.807) is 0 Å². The number of halogens is 1. The van der Waals surface area contributed by atoms with Crippen molar-refractivity contribution in [1.82, 2.24) is 0 Å². The van der Waals surface area contributed by atoms with Crippen LogP contribution in [-0.2, 0) is 4.74 Å². The van der Waals surface area contributed by atoms with Crippen molar-refractivity contribution in [2.75, 3.05) is 6.61 Å². The molecule has 1 rings (SSSR count). The van der Waals surface area contributed by atoms with E-state index in [1.807, 2.05) is 0 Å². The third-order valence-corrected chi connectivity index (χ3v) is 1.99. The molecule has 0 aliphatic carbocycles. The summed E-state index contributed by atoms with van der Waals surface area (Å²) in [5, 5.41) is 17.7. The minimum Gasteiger partial charge on any atom is -0.394 e. The third-order valence-electron chi connectivity index (χ3n) is 1.99. The molecule has 0 bridgehead atoms. The van der Waals surface area contributed by atoms with Gasteiger partial charge in [0.15, 0.2) is 5.67 Å². The monoisotopic (exact) mass is 160 g/mol. The Bertz CT molecular complexity index is 153. The molecular weight excluding hydrogens is 150 g/mol. The van der Waals surface area contributed by atoms with Gasteiger partial charge in [0, 0.05) is 0 Å². The molecule has 62 valence electrons. The maximum atomic E-state index is 13.2. The third kappa shape index (κ3) is 1.28. The molecule has 5 heteroatoms. The molecule has 11 heavy (non-hydrogen) atoms. The molecule has 2 radical (unpaired) electrons. The second kappa shape index (κ2) is 2.73. The summed E-state index contributed by atoms with van der Waals surface area (Å²) in [7, 11) is 5.20. The van der Waals surface area contributed by atoms with E-state index in [9.17, 15) is 4.39 Å². The Morgan fingerprint density at radius 2 is 2.27 bits per heavy atom. The van der Waals surface area contributed by atoms with E-state index in [4.69, 9.17) is 22.8 Å². The van der Waals surface area contributed by atoms with Crippen LogP contribution in [0.15, 0.2) is 0 Å². The maximum absolute atomic E-state index is 13.2. The summed E-state index contributed by atoms with van der Waals surface area (Å²) in [4.78, 5) is 0. The second-order valence-corrected chi connectivity index (χ2v) is 2.87.